The lowest BCUT2D eigenvalue weighted by molar-refractivity contribution is 0.731. The molecule has 0 aliphatic carbocycles. The second-order valence-electron chi connectivity index (χ2n) is 5.49. The summed E-state index contributed by atoms with van der Waals surface area (Å²) in [6.45, 7) is 6.61. The van der Waals surface area contributed by atoms with Gasteiger partial charge in [0.15, 0.2) is 11.0 Å². The summed E-state index contributed by atoms with van der Waals surface area (Å²) in [5, 5.41) is 10.4. The average Bonchev–Trinajstić information content (AvgIpc) is 2.96. The van der Waals surface area contributed by atoms with Gasteiger partial charge in [0, 0.05) is 22.9 Å². The van der Waals surface area contributed by atoms with Gasteiger partial charge < -0.3 is 0 Å². The maximum Gasteiger partial charge on any atom is 0.192 e. The van der Waals surface area contributed by atoms with E-state index in [9.17, 15) is 0 Å². The van der Waals surface area contributed by atoms with Crippen molar-refractivity contribution >= 4 is 23.4 Å². The van der Waals surface area contributed by atoms with Crippen LogP contribution in [0.15, 0.2) is 66.3 Å². The molecule has 0 N–H and O–H groups in total. The summed E-state index contributed by atoms with van der Waals surface area (Å²) in [6.07, 6.45) is 1.87. The Balaban J connectivity index is 1.87. The van der Waals surface area contributed by atoms with Crippen molar-refractivity contribution in [1.82, 2.24) is 14.8 Å². The molecular weight excluding hydrogens is 338 g/mol. The first-order valence-corrected chi connectivity index (χ1v) is 9.02. The van der Waals surface area contributed by atoms with Crippen LogP contribution in [0.2, 0.25) is 5.02 Å². The molecule has 0 fully saturated rings. The van der Waals surface area contributed by atoms with Crippen molar-refractivity contribution in [2.45, 2.75) is 24.4 Å². The van der Waals surface area contributed by atoms with E-state index in [1.165, 1.54) is 5.56 Å². The smallest absolute Gasteiger partial charge is 0.192 e. The minimum Gasteiger partial charge on any atom is -0.298 e. The van der Waals surface area contributed by atoms with Gasteiger partial charge in [-0.3, -0.25) is 4.57 Å². The van der Waals surface area contributed by atoms with Gasteiger partial charge in [0.2, 0.25) is 0 Å². The lowest BCUT2D eigenvalue weighted by atomic mass is 10.1. The van der Waals surface area contributed by atoms with Crippen LogP contribution in [-0.2, 0) is 12.3 Å². The van der Waals surface area contributed by atoms with E-state index in [0.717, 1.165) is 32.9 Å². The van der Waals surface area contributed by atoms with E-state index < -0.39 is 0 Å². The van der Waals surface area contributed by atoms with Crippen LogP contribution in [-0.4, -0.2) is 14.8 Å². The number of rotatable bonds is 6. The molecule has 0 unspecified atom stereocenters. The number of aryl methyl sites for hydroxylation is 1. The van der Waals surface area contributed by atoms with Crippen molar-refractivity contribution in [2.24, 2.45) is 0 Å². The number of aromatic nitrogens is 3. The molecule has 0 atom stereocenters. The number of thioether (sulfide) groups is 1. The Kier molecular flexibility index (Phi) is 5.38. The Morgan fingerprint density at radius 1 is 1.17 bits per heavy atom. The minimum absolute atomic E-state index is 0.675. The molecule has 5 heteroatoms. The summed E-state index contributed by atoms with van der Waals surface area (Å²) in [6, 6.07) is 16.2. The highest BCUT2D eigenvalue weighted by molar-refractivity contribution is 7.98. The Labute approximate surface area is 151 Å². The molecule has 1 heterocycles. The van der Waals surface area contributed by atoms with Crippen LogP contribution in [0.4, 0.5) is 0 Å². The molecule has 0 saturated heterocycles. The third-order valence-electron chi connectivity index (χ3n) is 3.56. The molecule has 0 bridgehead atoms. The molecule has 0 aliphatic rings. The van der Waals surface area contributed by atoms with Crippen molar-refractivity contribution in [3.05, 3.63) is 77.3 Å². The van der Waals surface area contributed by atoms with Crippen molar-refractivity contribution in [1.29, 1.82) is 0 Å². The lowest BCUT2D eigenvalue weighted by Crippen LogP contribution is -2.00. The predicted molar refractivity (Wildman–Crippen MR) is 101 cm³/mol. The summed E-state index contributed by atoms with van der Waals surface area (Å²) in [7, 11) is 0. The molecule has 3 rings (SSSR count). The van der Waals surface area contributed by atoms with Gasteiger partial charge in [-0.15, -0.1) is 16.8 Å². The van der Waals surface area contributed by atoms with Gasteiger partial charge in [-0.05, 0) is 30.7 Å². The topological polar surface area (TPSA) is 30.7 Å². The molecule has 3 nitrogen and oxygen atoms in total. The average molecular weight is 356 g/mol. The van der Waals surface area contributed by atoms with E-state index >= 15 is 0 Å². The van der Waals surface area contributed by atoms with Gasteiger partial charge >= 0.3 is 0 Å². The molecule has 1 aromatic heterocycles. The quantitative estimate of drug-likeness (QED) is 0.439. The van der Waals surface area contributed by atoms with Gasteiger partial charge in [0.1, 0.15) is 0 Å². The van der Waals surface area contributed by atoms with Crippen LogP contribution in [0.3, 0.4) is 0 Å². The molecule has 3 aromatic rings. The van der Waals surface area contributed by atoms with Gasteiger partial charge in [0.05, 0.1) is 0 Å². The number of halogens is 1. The van der Waals surface area contributed by atoms with Crippen molar-refractivity contribution in [3.8, 4) is 11.4 Å². The van der Waals surface area contributed by atoms with Gasteiger partial charge in [0.25, 0.3) is 0 Å². The maximum atomic E-state index is 6.05. The predicted octanol–water partition coefficient (Wildman–Crippen LogP) is 5.39. The molecule has 2 aromatic carbocycles. The number of allylic oxidation sites excluding steroid dienone is 1. The first-order valence-electron chi connectivity index (χ1n) is 7.66. The van der Waals surface area contributed by atoms with E-state index in [1.807, 2.05) is 30.3 Å². The first kappa shape index (κ1) is 16.8. The first-order chi connectivity index (χ1) is 11.7. The summed E-state index contributed by atoms with van der Waals surface area (Å²) < 4.78 is 2.09. The van der Waals surface area contributed by atoms with Crippen molar-refractivity contribution in [2.75, 3.05) is 0 Å². The molecule has 122 valence electrons. The molecule has 0 radical (unpaired) electrons. The van der Waals surface area contributed by atoms with Crippen LogP contribution in [0.5, 0.6) is 0 Å². The zero-order chi connectivity index (χ0) is 16.9. The summed E-state index contributed by atoms with van der Waals surface area (Å²) in [5.74, 6) is 1.66. The normalized spacial score (nSPS) is 10.8. The molecule has 0 amide bonds. The Morgan fingerprint density at radius 2 is 2.00 bits per heavy atom. The van der Waals surface area contributed by atoms with Crippen LogP contribution >= 0.6 is 23.4 Å². The van der Waals surface area contributed by atoms with E-state index in [4.69, 9.17) is 11.6 Å². The number of nitrogens with zero attached hydrogens (tertiary/aromatic N) is 3. The summed E-state index contributed by atoms with van der Waals surface area (Å²) >= 11 is 7.70. The Bertz CT molecular complexity index is 857. The van der Waals surface area contributed by atoms with Crippen LogP contribution in [0.1, 0.15) is 11.1 Å². The minimum atomic E-state index is 0.675. The highest BCUT2D eigenvalue weighted by atomic mass is 35.5. The van der Waals surface area contributed by atoms with Crippen LogP contribution in [0.25, 0.3) is 11.4 Å². The third-order valence-corrected chi connectivity index (χ3v) is 4.83. The lowest BCUT2D eigenvalue weighted by Gasteiger charge is -2.08. The molecule has 0 aliphatic heterocycles. The standard InChI is InChI=1S/C19H18ClN3S/c1-3-10-23-18(16-8-4-6-14(2)11-16)21-22-19(23)24-13-15-7-5-9-17(20)12-15/h3-9,11-12H,1,10,13H2,2H3. The van der Waals surface area contributed by atoms with Crippen LogP contribution in [0, 0.1) is 6.92 Å². The fourth-order valence-corrected chi connectivity index (χ4v) is 3.57. The second kappa shape index (κ2) is 7.69. The van der Waals surface area contributed by atoms with E-state index in [1.54, 1.807) is 11.8 Å². The van der Waals surface area contributed by atoms with Gasteiger partial charge in [-0.2, -0.15) is 0 Å². The number of benzene rings is 2. The number of hydrogen-bond donors (Lipinski definition) is 0. The zero-order valence-electron chi connectivity index (χ0n) is 13.4. The fraction of sp³-hybridized carbons (Fsp3) is 0.158. The largest absolute Gasteiger partial charge is 0.298 e. The van der Waals surface area contributed by atoms with Gasteiger partial charge in [-0.1, -0.05) is 65.3 Å². The molecular formula is C19H18ClN3S. The highest BCUT2D eigenvalue weighted by Crippen LogP contribution is 2.27. The second-order valence-corrected chi connectivity index (χ2v) is 6.87. The van der Waals surface area contributed by atoms with E-state index in [-0.39, 0.29) is 0 Å². The summed E-state index contributed by atoms with van der Waals surface area (Å²) in [5.41, 5.74) is 3.44. The summed E-state index contributed by atoms with van der Waals surface area (Å²) in [4.78, 5) is 0. The van der Waals surface area contributed by atoms with Crippen molar-refractivity contribution < 1.29 is 0 Å². The SMILES string of the molecule is C=CCn1c(SCc2cccc(Cl)c2)nnc1-c1cccc(C)c1. The van der Waals surface area contributed by atoms with E-state index in [0.29, 0.717) is 6.54 Å². The Morgan fingerprint density at radius 3 is 2.75 bits per heavy atom. The fourth-order valence-electron chi connectivity index (χ4n) is 2.46. The monoisotopic (exact) mass is 355 g/mol. The van der Waals surface area contributed by atoms with Gasteiger partial charge in [-0.25, -0.2) is 0 Å². The number of hydrogen-bond acceptors (Lipinski definition) is 3. The van der Waals surface area contributed by atoms with E-state index in [2.05, 4.69) is 52.5 Å². The Hall–Kier alpha value is -2.04. The zero-order valence-corrected chi connectivity index (χ0v) is 15.0. The molecule has 0 spiro atoms. The molecule has 24 heavy (non-hydrogen) atoms. The molecule has 0 saturated carbocycles. The third kappa shape index (κ3) is 3.89. The van der Waals surface area contributed by atoms with Crippen LogP contribution < -0.4 is 0 Å². The maximum absolute atomic E-state index is 6.05. The highest BCUT2D eigenvalue weighted by Gasteiger charge is 2.13. The van der Waals surface area contributed by atoms with Crippen molar-refractivity contribution in [3.63, 3.8) is 0 Å².